The summed E-state index contributed by atoms with van der Waals surface area (Å²) in [5.41, 5.74) is 1.66. The molecular formula is C9H10BrNO. The van der Waals surface area contributed by atoms with Crippen LogP contribution in [0, 0.1) is 0 Å². The third kappa shape index (κ3) is 2.08. The van der Waals surface area contributed by atoms with Gasteiger partial charge >= 0.3 is 0 Å². The van der Waals surface area contributed by atoms with Crippen LogP contribution in [0.1, 0.15) is 18.9 Å². The molecule has 64 valence electrons. The number of benzene rings is 1. The summed E-state index contributed by atoms with van der Waals surface area (Å²) in [7, 11) is 0. The lowest BCUT2D eigenvalue weighted by atomic mass is 10.1. The van der Waals surface area contributed by atoms with Crippen LogP contribution in [-0.4, -0.2) is 10.9 Å². The molecule has 0 bridgehead atoms. The van der Waals surface area contributed by atoms with E-state index in [0.717, 1.165) is 16.5 Å². The average molecular weight is 228 g/mol. The Hall–Kier alpha value is -0.830. The van der Waals surface area contributed by atoms with Gasteiger partial charge < -0.3 is 5.21 Å². The highest BCUT2D eigenvalue weighted by molar-refractivity contribution is 9.10. The SMILES string of the molecule is CCC(=NO)c1cccc(Br)c1. The third-order valence-electron chi connectivity index (χ3n) is 1.61. The van der Waals surface area contributed by atoms with Crippen LogP contribution >= 0.6 is 15.9 Å². The summed E-state index contributed by atoms with van der Waals surface area (Å²) in [5, 5.41) is 11.9. The summed E-state index contributed by atoms with van der Waals surface area (Å²) in [6.07, 6.45) is 0.729. The molecular weight excluding hydrogens is 218 g/mol. The molecule has 0 aromatic heterocycles. The monoisotopic (exact) mass is 227 g/mol. The van der Waals surface area contributed by atoms with Crippen molar-refractivity contribution < 1.29 is 5.21 Å². The Kier molecular flexibility index (Phi) is 3.29. The molecule has 1 rings (SSSR count). The van der Waals surface area contributed by atoms with Crippen LogP contribution in [-0.2, 0) is 0 Å². The Morgan fingerprint density at radius 3 is 2.83 bits per heavy atom. The Balaban J connectivity index is 3.02. The van der Waals surface area contributed by atoms with E-state index in [1.165, 1.54) is 0 Å². The van der Waals surface area contributed by atoms with Gasteiger partial charge in [-0.15, -0.1) is 0 Å². The van der Waals surface area contributed by atoms with Gasteiger partial charge in [-0.3, -0.25) is 0 Å². The van der Waals surface area contributed by atoms with Crippen molar-refractivity contribution in [2.45, 2.75) is 13.3 Å². The van der Waals surface area contributed by atoms with Crippen molar-refractivity contribution >= 4 is 21.6 Å². The lowest BCUT2D eigenvalue weighted by Crippen LogP contribution is -1.97. The molecule has 1 aromatic carbocycles. The quantitative estimate of drug-likeness (QED) is 0.471. The third-order valence-corrected chi connectivity index (χ3v) is 2.11. The van der Waals surface area contributed by atoms with Crippen molar-refractivity contribution in [1.29, 1.82) is 0 Å². The van der Waals surface area contributed by atoms with Crippen LogP contribution < -0.4 is 0 Å². The normalized spacial score (nSPS) is 11.7. The van der Waals surface area contributed by atoms with E-state index >= 15 is 0 Å². The fourth-order valence-electron chi connectivity index (χ4n) is 1.00. The molecule has 0 radical (unpaired) electrons. The van der Waals surface area contributed by atoms with Gasteiger partial charge in [-0.05, 0) is 18.6 Å². The summed E-state index contributed by atoms with van der Waals surface area (Å²) in [6, 6.07) is 7.70. The summed E-state index contributed by atoms with van der Waals surface area (Å²) in [4.78, 5) is 0. The van der Waals surface area contributed by atoms with Gasteiger partial charge in [0, 0.05) is 10.0 Å². The molecule has 1 aromatic rings. The molecule has 0 amide bonds. The fourth-order valence-corrected chi connectivity index (χ4v) is 1.40. The minimum Gasteiger partial charge on any atom is -0.411 e. The number of halogens is 1. The van der Waals surface area contributed by atoms with Crippen molar-refractivity contribution in [2.24, 2.45) is 5.16 Å². The van der Waals surface area contributed by atoms with Crippen molar-refractivity contribution in [1.82, 2.24) is 0 Å². The first kappa shape index (κ1) is 9.26. The van der Waals surface area contributed by atoms with E-state index < -0.39 is 0 Å². The van der Waals surface area contributed by atoms with Crippen LogP contribution in [0.3, 0.4) is 0 Å². The zero-order valence-corrected chi connectivity index (χ0v) is 8.37. The smallest absolute Gasteiger partial charge is 0.0865 e. The van der Waals surface area contributed by atoms with Gasteiger partial charge in [0.05, 0.1) is 5.71 Å². The van der Waals surface area contributed by atoms with Gasteiger partial charge in [0.15, 0.2) is 0 Å². The second kappa shape index (κ2) is 4.26. The molecule has 0 saturated carbocycles. The molecule has 0 saturated heterocycles. The minimum absolute atomic E-state index is 0.705. The minimum atomic E-state index is 0.705. The predicted octanol–water partition coefficient (Wildman–Crippen LogP) is 3.04. The lowest BCUT2D eigenvalue weighted by Gasteiger charge is -2.00. The standard InChI is InChI=1S/C9H10BrNO/c1-2-9(11-12)7-4-3-5-8(10)6-7/h3-6,12H,2H2,1H3. The second-order valence-corrected chi connectivity index (χ2v) is 3.33. The van der Waals surface area contributed by atoms with Crippen LogP contribution in [0.15, 0.2) is 33.9 Å². The zero-order valence-electron chi connectivity index (χ0n) is 6.79. The number of hydrogen-bond acceptors (Lipinski definition) is 2. The van der Waals surface area contributed by atoms with Crippen LogP contribution in [0.2, 0.25) is 0 Å². The van der Waals surface area contributed by atoms with E-state index in [2.05, 4.69) is 21.1 Å². The molecule has 0 fully saturated rings. The maximum absolute atomic E-state index is 8.64. The van der Waals surface area contributed by atoms with Gasteiger partial charge in [0.2, 0.25) is 0 Å². The van der Waals surface area contributed by atoms with Crippen LogP contribution in [0.4, 0.5) is 0 Å². The van der Waals surface area contributed by atoms with Gasteiger partial charge in [-0.1, -0.05) is 40.1 Å². The van der Waals surface area contributed by atoms with Crippen LogP contribution in [0.25, 0.3) is 0 Å². The number of rotatable bonds is 2. The molecule has 0 heterocycles. The predicted molar refractivity (Wildman–Crippen MR) is 52.8 cm³/mol. The van der Waals surface area contributed by atoms with E-state index in [-0.39, 0.29) is 0 Å². The number of hydrogen-bond donors (Lipinski definition) is 1. The largest absolute Gasteiger partial charge is 0.411 e. The van der Waals surface area contributed by atoms with Crippen molar-refractivity contribution in [3.05, 3.63) is 34.3 Å². The molecule has 0 aliphatic heterocycles. The lowest BCUT2D eigenvalue weighted by molar-refractivity contribution is 0.318. The Morgan fingerprint density at radius 1 is 1.58 bits per heavy atom. The number of nitrogens with zero attached hydrogens (tertiary/aromatic N) is 1. The Bertz CT molecular complexity index is 296. The van der Waals surface area contributed by atoms with Gasteiger partial charge in [0.25, 0.3) is 0 Å². The Labute approximate surface area is 80.0 Å². The highest BCUT2D eigenvalue weighted by Gasteiger charge is 2.00. The maximum atomic E-state index is 8.64. The number of oxime groups is 1. The highest BCUT2D eigenvalue weighted by atomic mass is 79.9. The van der Waals surface area contributed by atoms with E-state index in [9.17, 15) is 0 Å². The van der Waals surface area contributed by atoms with E-state index in [0.29, 0.717) is 5.71 Å². The highest BCUT2D eigenvalue weighted by Crippen LogP contribution is 2.13. The molecule has 0 atom stereocenters. The molecule has 3 heteroatoms. The molecule has 12 heavy (non-hydrogen) atoms. The zero-order chi connectivity index (χ0) is 8.97. The van der Waals surface area contributed by atoms with Gasteiger partial charge in [-0.25, -0.2) is 0 Å². The van der Waals surface area contributed by atoms with Crippen LogP contribution in [0.5, 0.6) is 0 Å². The summed E-state index contributed by atoms with van der Waals surface area (Å²) in [6.45, 7) is 1.95. The molecule has 0 unspecified atom stereocenters. The molecule has 0 aliphatic rings. The second-order valence-electron chi connectivity index (χ2n) is 2.41. The summed E-state index contributed by atoms with van der Waals surface area (Å²) in [5.74, 6) is 0. The maximum Gasteiger partial charge on any atom is 0.0865 e. The summed E-state index contributed by atoms with van der Waals surface area (Å²) < 4.78 is 0.995. The summed E-state index contributed by atoms with van der Waals surface area (Å²) >= 11 is 3.35. The van der Waals surface area contributed by atoms with E-state index in [1.54, 1.807) is 0 Å². The van der Waals surface area contributed by atoms with Crippen molar-refractivity contribution in [3.8, 4) is 0 Å². The Morgan fingerprint density at radius 2 is 2.33 bits per heavy atom. The first-order valence-electron chi connectivity index (χ1n) is 3.74. The first-order chi connectivity index (χ1) is 5.77. The van der Waals surface area contributed by atoms with Crippen molar-refractivity contribution in [3.63, 3.8) is 0 Å². The van der Waals surface area contributed by atoms with Crippen molar-refractivity contribution in [2.75, 3.05) is 0 Å². The fraction of sp³-hybridized carbons (Fsp3) is 0.222. The van der Waals surface area contributed by atoms with Gasteiger partial charge in [-0.2, -0.15) is 0 Å². The first-order valence-corrected chi connectivity index (χ1v) is 4.54. The van der Waals surface area contributed by atoms with E-state index in [4.69, 9.17) is 5.21 Å². The molecule has 2 nitrogen and oxygen atoms in total. The van der Waals surface area contributed by atoms with Gasteiger partial charge in [0.1, 0.15) is 0 Å². The average Bonchev–Trinajstić information content (AvgIpc) is 2.07. The molecule has 1 N–H and O–H groups in total. The molecule has 0 aliphatic carbocycles. The molecule has 0 spiro atoms. The topological polar surface area (TPSA) is 32.6 Å². The van der Waals surface area contributed by atoms with E-state index in [1.807, 2.05) is 31.2 Å².